The monoisotopic (exact) mass is 297 g/mol. The fraction of sp³-hybridized carbons (Fsp3) is 0.235. The number of benzene rings is 1. The van der Waals surface area contributed by atoms with Crippen molar-refractivity contribution in [2.24, 2.45) is 0 Å². The number of amides is 2. The largest absolute Gasteiger partial charge is 0.350 e. The fourth-order valence-corrected chi connectivity index (χ4v) is 2.01. The summed E-state index contributed by atoms with van der Waals surface area (Å²) in [4.78, 5) is 29.7. The molecule has 114 valence electrons. The van der Waals surface area contributed by atoms with E-state index in [4.69, 9.17) is 0 Å². The third kappa shape index (κ3) is 4.15. The van der Waals surface area contributed by atoms with Gasteiger partial charge in [-0.1, -0.05) is 24.3 Å². The van der Waals surface area contributed by atoms with Gasteiger partial charge < -0.3 is 10.2 Å². The maximum atomic E-state index is 12.1. The van der Waals surface area contributed by atoms with Gasteiger partial charge in [0.2, 0.25) is 5.91 Å². The van der Waals surface area contributed by atoms with Gasteiger partial charge in [0.05, 0.1) is 0 Å². The minimum atomic E-state index is -0.265. The summed E-state index contributed by atoms with van der Waals surface area (Å²) < 4.78 is 0. The number of carbonyl (C=O) groups excluding carboxylic acids is 2. The summed E-state index contributed by atoms with van der Waals surface area (Å²) in [6.07, 6.45) is 0.239. The molecule has 0 aliphatic heterocycles. The van der Waals surface area contributed by atoms with Crippen LogP contribution in [0.2, 0.25) is 0 Å². The van der Waals surface area contributed by atoms with Gasteiger partial charge in [0.1, 0.15) is 5.69 Å². The molecule has 5 nitrogen and oxygen atoms in total. The number of nitrogens with zero attached hydrogens (tertiary/aromatic N) is 2. The smallest absolute Gasteiger partial charge is 0.269 e. The second-order valence-electron chi connectivity index (χ2n) is 4.96. The van der Waals surface area contributed by atoms with Crippen LogP contribution in [0.3, 0.4) is 0 Å². The zero-order chi connectivity index (χ0) is 15.9. The average Bonchev–Trinajstić information content (AvgIpc) is 2.54. The molecule has 1 aromatic carbocycles. The molecule has 0 saturated heterocycles. The summed E-state index contributed by atoms with van der Waals surface area (Å²) in [6, 6.07) is 14.7. The molecule has 1 N–H and O–H groups in total. The zero-order valence-corrected chi connectivity index (χ0v) is 12.7. The number of aryl methyl sites for hydroxylation is 1. The van der Waals surface area contributed by atoms with Gasteiger partial charge in [0.15, 0.2) is 0 Å². The van der Waals surface area contributed by atoms with Crippen LogP contribution in [0.15, 0.2) is 48.5 Å². The van der Waals surface area contributed by atoms with Crippen LogP contribution < -0.4 is 10.2 Å². The van der Waals surface area contributed by atoms with Crippen LogP contribution in [0, 0.1) is 6.92 Å². The van der Waals surface area contributed by atoms with Gasteiger partial charge in [-0.05, 0) is 31.2 Å². The maximum Gasteiger partial charge on any atom is 0.269 e. The highest BCUT2D eigenvalue weighted by Gasteiger charge is 2.12. The number of hydrogen-bond donors (Lipinski definition) is 1. The van der Waals surface area contributed by atoms with Gasteiger partial charge in [-0.25, -0.2) is 4.98 Å². The van der Waals surface area contributed by atoms with E-state index < -0.39 is 0 Å². The molecule has 0 atom stereocenters. The lowest BCUT2D eigenvalue weighted by Crippen LogP contribution is -2.32. The Labute approximate surface area is 130 Å². The molecule has 1 aromatic heterocycles. The SMILES string of the molecule is Cc1cccc(C(=O)NCCC(=O)N(C)c2ccccc2)n1. The van der Waals surface area contributed by atoms with Crippen LogP contribution in [-0.4, -0.2) is 30.4 Å². The number of carbonyl (C=O) groups is 2. The van der Waals surface area contributed by atoms with E-state index in [-0.39, 0.29) is 24.8 Å². The van der Waals surface area contributed by atoms with Crippen molar-refractivity contribution in [1.29, 1.82) is 0 Å². The zero-order valence-electron chi connectivity index (χ0n) is 12.7. The molecule has 0 aliphatic rings. The van der Waals surface area contributed by atoms with E-state index in [1.165, 1.54) is 0 Å². The molecule has 2 rings (SSSR count). The third-order valence-electron chi connectivity index (χ3n) is 3.26. The van der Waals surface area contributed by atoms with E-state index in [1.807, 2.05) is 43.3 Å². The van der Waals surface area contributed by atoms with Crippen LogP contribution in [-0.2, 0) is 4.79 Å². The van der Waals surface area contributed by atoms with Gasteiger partial charge in [0, 0.05) is 31.4 Å². The van der Waals surface area contributed by atoms with Crippen molar-refractivity contribution in [3.8, 4) is 0 Å². The quantitative estimate of drug-likeness (QED) is 0.920. The molecule has 0 bridgehead atoms. The number of nitrogens with one attached hydrogen (secondary N) is 1. The first-order valence-corrected chi connectivity index (χ1v) is 7.11. The minimum Gasteiger partial charge on any atom is -0.350 e. The highest BCUT2D eigenvalue weighted by molar-refractivity contribution is 5.94. The van der Waals surface area contributed by atoms with E-state index in [2.05, 4.69) is 10.3 Å². The molecule has 22 heavy (non-hydrogen) atoms. The highest BCUT2D eigenvalue weighted by atomic mass is 16.2. The summed E-state index contributed by atoms with van der Waals surface area (Å²) in [5.74, 6) is -0.317. The lowest BCUT2D eigenvalue weighted by Gasteiger charge is -2.17. The van der Waals surface area contributed by atoms with Gasteiger partial charge in [-0.15, -0.1) is 0 Å². The number of hydrogen-bond acceptors (Lipinski definition) is 3. The lowest BCUT2D eigenvalue weighted by atomic mass is 10.2. The topological polar surface area (TPSA) is 62.3 Å². The maximum absolute atomic E-state index is 12.1. The van der Waals surface area contributed by atoms with Gasteiger partial charge in [0.25, 0.3) is 5.91 Å². The molecule has 0 radical (unpaired) electrons. The van der Waals surface area contributed by atoms with Crippen molar-refractivity contribution in [1.82, 2.24) is 10.3 Å². The number of pyridine rings is 1. The Morgan fingerprint density at radius 2 is 1.82 bits per heavy atom. The molecule has 0 saturated carbocycles. The molecule has 0 spiro atoms. The Balaban J connectivity index is 1.83. The molecule has 0 unspecified atom stereocenters. The van der Waals surface area contributed by atoms with Crippen LogP contribution in [0.25, 0.3) is 0 Å². The molecular weight excluding hydrogens is 278 g/mol. The third-order valence-corrected chi connectivity index (χ3v) is 3.26. The Morgan fingerprint density at radius 1 is 1.09 bits per heavy atom. The summed E-state index contributed by atoms with van der Waals surface area (Å²) in [5.41, 5.74) is 1.98. The van der Waals surface area contributed by atoms with Crippen molar-refractivity contribution in [2.45, 2.75) is 13.3 Å². The van der Waals surface area contributed by atoms with Crippen LogP contribution in [0.1, 0.15) is 22.6 Å². The van der Waals surface area contributed by atoms with Crippen molar-refractivity contribution in [3.63, 3.8) is 0 Å². The summed E-state index contributed by atoms with van der Waals surface area (Å²) >= 11 is 0. The van der Waals surface area contributed by atoms with E-state index in [1.54, 1.807) is 24.1 Å². The molecule has 0 fully saturated rings. The average molecular weight is 297 g/mol. The Bertz CT molecular complexity index is 656. The standard InChI is InChI=1S/C17H19N3O2/c1-13-7-6-10-15(19-13)17(22)18-12-11-16(21)20(2)14-8-4-3-5-9-14/h3-10H,11-12H2,1-2H3,(H,18,22). The molecule has 0 aliphatic carbocycles. The predicted molar refractivity (Wildman–Crippen MR) is 85.8 cm³/mol. The second kappa shape index (κ2) is 7.36. The van der Waals surface area contributed by atoms with E-state index >= 15 is 0 Å². The van der Waals surface area contributed by atoms with Gasteiger partial charge in [-0.3, -0.25) is 9.59 Å². The number of rotatable bonds is 5. The van der Waals surface area contributed by atoms with Gasteiger partial charge >= 0.3 is 0 Å². The van der Waals surface area contributed by atoms with E-state index in [0.29, 0.717) is 5.69 Å². The summed E-state index contributed by atoms with van der Waals surface area (Å²) in [5, 5.41) is 2.71. The van der Waals surface area contributed by atoms with E-state index in [9.17, 15) is 9.59 Å². The fourth-order valence-electron chi connectivity index (χ4n) is 2.01. The molecule has 2 aromatic rings. The molecule has 2 amide bonds. The Morgan fingerprint density at radius 3 is 2.50 bits per heavy atom. The normalized spacial score (nSPS) is 10.1. The second-order valence-corrected chi connectivity index (χ2v) is 4.96. The van der Waals surface area contributed by atoms with Crippen LogP contribution in [0.4, 0.5) is 5.69 Å². The molecule has 1 heterocycles. The first kappa shape index (κ1) is 15.7. The van der Waals surface area contributed by atoms with Crippen LogP contribution in [0.5, 0.6) is 0 Å². The first-order valence-electron chi connectivity index (χ1n) is 7.11. The number of anilines is 1. The summed E-state index contributed by atoms with van der Waals surface area (Å²) in [6.45, 7) is 2.11. The Hall–Kier alpha value is -2.69. The van der Waals surface area contributed by atoms with Crippen LogP contribution >= 0.6 is 0 Å². The van der Waals surface area contributed by atoms with E-state index in [0.717, 1.165) is 11.4 Å². The summed E-state index contributed by atoms with van der Waals surface area (Å²) in [7, 11) is 1.72. The Kier molecular flexibility index (Phi) is 5.25. The molecule has 5 heteroatoms. The van der Waals surface area contributed by atoms with Crippen molar-refractivity contribution in [3.05, 3.63) is 59.9 Å². The number of aromatic nitrogens is 1. The van der Waals surface area contributed by atoms with Crippen molar-refractivity contribution >= 4 is 17.5 Å². The number of para-hydroxylation sites is 1. The predicted octanol–water partition coefficient (Wildman–Crippen LogP) is 2.17. The molecular formula is C17H19N3O2. The lowest BCUT2D eigenvalue weighted by molar-refractivity contribution is -0.118. The van der Waals surface area contributed by atoms with Gasteiger partial charge in [-0.2, -0.15) is 0 Å². The van der Waals surface area contributed by atoms with Crippen molar-refractivity contribution in [2.75, 3.05) is 18.5 Å². The highest BCUT2D eigenvalue weighted by Crippen LogP contribution is 2.11. The first-order chi connectivity index (χ1) is 10.6. The minimum absolute atomic E-state index is 0.0521. The van der Waals surface area contributed by atoms with Crippen molar-refractivity contribution < 1.29 is 9.59 Å².